The van der Waals surface area contributed by atoms with Crippen LogP contribution in [0.25, 0.3) is 0 Å². The number of aryl methyl sites for hydroxylation is 2. The van der Waals surface area contributed by atoms with E-state index in [1.807, 2.05) is 0 Å². The zero-order valence-corrected chi connectivity index (χ0v) is 16.8. The molecule has 1 aromatic carbocycles. The van der Waals surface area contributed by atoms with Crippen molar-refractivity contribution in [1.82, 2.24) is 5.32 Å². The summed E-state index contributed by atoms with van der Waals surface area (Å²) < 4.78 is 18.7. The maximum atomic E-state index is 12.2. The summed E-state index contributed by atoms with van der Waals surface area (Å²) in [6.45, 7) is 8.10. The molecule has 2 heterocycles. The van der Waals surface area contributed by atoms with Gasteiger partial charge < -0.3 is 14.8 Å². The fourth-order valence-corrected chi connectivity index (χ4v) is 3.83. The molecule has 1 N–H and O–H groups in total. The van der Waals surface area contributed by atoms with E-state index in [1.54, 1.807) is 4.90 Å². The van der Waals surface area contributed by atoms with E-state index in [0.29, 0.717) is 19.0 Å². The van der Waals surface area contributed by atoms with Crippen LogP contribution in [0.4, 0.5) is 10.5 Å². The summed E-state index contributed by atoms with van der Waals surface area (Å²) >= 11 is 2.83. The van der Waals surface area contributed by atoms with Crippen LogP contribution in [-0.4, -0.2) is 48.6 Å². The first-order valence-corrected chi connectivity index (χ1v) is 9.37. The minimum Gasteiger partial charge on any atom is -0.442 e. The van der Waals surface area contributed by atoms with Gasteiger partial charge in [-0.2, -0.15) is 4.21 Å². The SMILES string of the molecule is CC(=O)NC[C@H]1CN(c2cc(C)c(C3CCOCC3)c(C)c2)C(=O)O1.O=S. The second-order valence-corrected chi connectivity index (χ2v) is 6.93. The number of rotatable bonds is 4. The van der Waals surface area contributed by atoms with Crippen LogP contribution in [0.3, 0.4) is 0 Å². The van der Waals surface area contributed by atoms with Crippen molar-refractivity contribution in [3.05, 3.63) is 28.8 Å². The molecule has 3 rings (SSSR count). The van der Waals surface area contributed by atoms with Crippen molar-refractivity contribution in [3.8, 4) is 0 Å². The van der Waals surface area contributed by atoms with E-state index in [4.69, 9.17) is 13.7 Å². The molecule has 1 aromatic rings. The van der Waals surface area contributed by atoms with Gasteiger partial charge in [-0.25, -0.2) is 4.79 Å². The molecule has 2 amide bonds. The van der Waals surface area contributed by atoms with Gasteiger partial charge in [0, 0.05) is 25.8 Å². The summed E-state index contributed by atoms with van der Waals surface area (Å²) in [5.74, 6) is 0.405. The number of anilines is 1. The van der Waals surface area contributed by atoms with Crippen molar-refractivity contribution < 1.29 is 23.3 Å². The number of benzene rings is 1. The Labute approximate surface area is 164 Å². The fourth-order valence-electron chi connectivity index (χ4n) is 3.83. The van der Waals surface area contributed by atoms with Gasteiger partial charge in [0.15, 0.2) is 12.5 Å². The molecule has 0 spiro atoms. The minimum atomic E-state index is -0.354. The predicted octanol–water partition coefficient (Wildman–Crippen LogP) is 2.32. The lowest BCUT2D eigenvalue weighted by molar-refractivity contribution is -0.119. The number of carbonyl (C=O) groups is 2. The fraction of sp³-hybridized carbons (Fsp3) is 0.579. The van der Waals surface area contributed by atoms with Crippen LogP contribution in [0.2, 0.25) is 0 Å². The summed E-state index contributed by atoms with van der Waals surface area (Å²) in [5, 5.41) is 2.70. The summed E-state index contributed by atoms with van der Waals surface area (Å²) in [5.41, 5.74) is 4.66. The quantitative estimate of drug-likeness (QED) is 0.844. The van der Waals surface area contributed by atoms with E-state index in [-0.39, 0.29) is 18.1 Å². The van der Waals surface area contributed by atoms with Gasteiger partial charge in [-0.1, -0.05) is 0 Å². The molecule has 27 heavy (non-hydrogen) atoms. The second-order valence-electron chi connectivity index (χ2n) is 6.93. The Morgan fingerprint density at radius 2 is 1.81 bits per heavy atom. The summed E-state index contributed by atoms with van der Waals surface area (Å²) in [4.78, 5) is 24.9. The summed E-state index contributed by atoms with van der Waals surface area (Å²) in [6.07, 6.45) is 1.43. The van der Waals surface area contributed by atoms with Crippen molar-refractivity contribution in [3.63, 3.8) is 0 Å². The lowest BCUT2D eigenvalue weighted by Crippen LogP contribution is -2.33. The molecule has 0 radical (unpaired) electrons. The molecule has 2 aliphatic rings. The number of nitrogens with one attached hydrogen (secondary N) is 1. The van der Waals surface area contributed by atoms with Crippen LogP contribution >= 0.6 is 0 Å². The topological polar surface area (TPSA) is 84.9 Å². The largest absolute Gasteiger partial charge is 0.442 e. The molecule has 1 atom stereocenters. The molecule has 148 valence electrons. The van der Waals surface area contributed by atoms with Crippen LogP contribution in [0.15, 0.2) is 12.1 Å². The summed E-state index contributed by atoms with van der Waals surface area (Å²) in [6, 6.07) is 4.14. The van der Waals surface area contributed by atoms with Gasteiger partial charge >= 0.3 is 6.09 Å². The van der Waals surface area contributed by atoms with Crippen LogP contribution in [-0.2, 0) is 26.8 Å². The minimum absolute atomic E-state index is 0.123. The lowest BCUT2D eigenvalue weighted by atomic mass is 9.85. The molecule has 2 fully saturated rings. The van der Waals surface area contributed by atoms with Crippen LogP contribution < -0.4 is 10.2 Å². The van der Waals surface area contributed by atoms with E-state index in [1.165, 1.54) is 23.6 Å². The Balaban J connectivity index is 0.00000126. The number of nitrogens with zero attached hydrogens (tertiary/aromatic N) is 1. The molecule has 0 bridgehead atoms. The molecule has 0 saturated carbocycles. The highest BCUT2D eigenvalue weighted by Gasteiger charge is 2.33. The number of amides is 2. The van der Waals surface area contributed by atoms with Crippen LogP contribution in [0.1, 0.15) is 42.4 Å². The Bertz CT molecular complexity index is 668. The van der Waals surface area contributed by atoms with Crippen molar-refractivity contribution in [2.75, 3.05) is 31.2 Å². The van der Waals surface area contributed by atoms with E-state index < -0.39 is 0 Å². The van der Waals surface area contributed by atoms with Gasteiger partial charge in [-0.15, -0.1) is 0 Å². The molecular formula is C19H26N2O5S. The summed E-state index contributed by atoms with van der Waals surface area (Å²) in [7, 11) is 0. The molecule has 0 aromatic heterocycles. The average molecular weight is 394 g/mol. The third-order valence-electron chi connectivity index (χ3n) is 4.97. The van der Waals surface area contributed by atoms with E-state index in [9.17, 15) is 9.59 Å². The molecule has 0 unspecified atom stereocenters. The number of carbonyl (C=O) groups excluding carboxylic acids is 2. The molecular weight excluding hydrogens is 368 g/mol. The first-order chi connectivity index (χ1) is 13.0. The van der Waals surface area contributed by atoms with Gasteiger partial charge in [0.05, 0.1) is 13.1 Å². The number of ether oxygens (including phenoxy) is 2. The third kappa shape index (κ3) is 5.23. The zero-order chi connectivity index (χ0) is 20.0. The van der Waals surface area contributed by atoms with Crippen molar-refractivity contribution >= 4 is 30.2 Å². The van der Waals surface area contributed by atoms with E-state index in [0.717, 1.165) is 31.7 Å². The van der Waals surface area contributed by atoms with Crippen molar-refractivity contribution in [2.24, 2.45) is 0 Å². The third-order valence-corrected chi connectivity index (χ3v) is 4.97. The number of hydrogen-bond acceptors (Lipinski definition) is 6. The van der Waals surface area contributed by atoms with Crippen molar-refractivity contribution in [2.45, 2.75) is 45.6 Å². The Morgan fingerprint density at radius 1 is 1.22 bits per heavy atom. The van der Waals surface area contributed by atoms with Crippen LogP contribution in [0.5, 0.6) is 0 Å². The number of hydrogen-bond donors (Lipinski definition) is 1. The van der Waals surface area contributed by atoms with Gasteiger partial charge in [0.2, 0.25) is 5.91 Å². The van der Waals surface area contributed by atoms with Crippen molar-refractivity contribution in [1.29, 1.82) is 0 Å². The maximum absolute atomic E-state index is 12.2. The maximum Gasteiger partial charge on any atom is 0.414 e. The Morgan fingerprint density at radius 3 is 2.37 bits per heavy atom. The van der Waals surface area contributed by atoms with Gasteiger partial charge in [0.25, 0.3) is 0 Å². The molecule has 2 aliphatic heterocycles. The normalized spacial score (nSPS) is 19.9. The standard InChI is InChI=1S/C19H26N2O4.OS/c1-12-8-16(9-13(2)18(12)15-4-6-24-7-5-15)21-11-17(25-19(21)23)10-20-14(3)22;1-2/h8-9,15,17H,4-7,10-11H2,1-3H3,(H,20,22);/t17-;/m0./s1. The molecule has 8 heteroatoms. The van der Waals surface area contributed by atoms with E-state index in [2.05, 4.69) is 43.8 Å². The monoisotopic (exact) mass is 394 g/mol. The van der Waals surface area contributed by atoms with Gasteiger partial charge in [-0.05, 0) is 61.4 Å². The molecule has 2 saturated heterocycles. The Hall–Kier alpha value is -2.06. The highest BCUT2D eigenvalue weighted by atomic mass is 32.1. The molecule has 7 nitrogen and oxygen atoms in total. The first-order valence-electron chi connectivity index (χ1n) is 9.04. The lowest BCUT2D eigenvalue weighted by Gasteiger charge is -2.27. The Kier molecular flexibility index (Phi) is 7.67. The smallest absolute Gasteiger partial charge is 0.414 e. The van der Waals surface area contributed by atoms with Gasteiger partial charge in [0.1, 0.15) is 6.10 Å². The highest BCUT2D eigenvalue weighted by Crippen LogP contribution is 2.35. The first kappa shape index (κ1) is 21.2. The second kappa shape index (κ2) is 9.75. The predicted molar refractivity (Wildman–Crippen MR) is 103 cm³/mol. The highest BCUT2D eigenvalue weighted by molar-refractivity contribution is 7.44. The number of cyclic esters (lactones) is 1. The van der Waals surface area contributed by atoms with Gasteiger partial charge in [-0.3, -0.25) is 9.69 Å². The van der Waals surface area contributed by atoms with Crippen LogP contribution in [0, 0.1) is 13.8 Å². The average Bonchev–Trinajstić information content (AvgIpc) is 3.03. The van der Waals surface area contributed by atoms with E-state index >= 15 is 0 Å². The zero-order valence-electron chi connectivity index (χ0n) is 15.9. The molecule has 0 aliphatic carbocycles.